The van der Waals surface area contributed by atoms with Crippen LogP contribution in [0.25, 0.3) is 6.08 Å². The molecule has 1 aliphatic heterocycles. The van der Waals surface area contributed by atoms with E-state index in [1.807, 2.05) is 42.5 Å². The fourth-order valence-corrected chi connectivity index (χ4v) is 3.94. The lowest BCUT2D eigenvalue weighted by atomic mass is 10.2. The van der Waals surface area contributed by atoms with Crippen LogP contribution in [0.3, 0.4) is 0 Å². The van der Waals surface area contributed by atoms with Crippen molar-refractivity contribution in [2.75, 3.05) is 6.54 Å². The number of amides is 2. The second-order valence-electron chi connectivity index (χ2n) is 5.90. The molecule has 0 radical (unpaired) electrons. The summed E-state index contributed by atoms with van der Waals surface area (Å²) in [5.74, 6) is -0.287. The molecule has 0 saturated carbocycles. The van der Waals surface area contributed by atoms with Gasteiger partial charge in [-0.25, -0.2) is 0 Å². The Balaban J connectivity index is 1.54. The second-order valence-corrected chi connectivity index (χ2v) is 8.01. The zero-order valence-electron chi connectivity index (χ0n) is 14.4. The maximum Gasteiger partial charge on any atom is 0.266 e. The average Bonchev–Trinajstić information content (AvgIpc) is 2.94. The molecule has 0 atom stereocenters. The zero-order chi connectivity index (χ0) is 19.2. The Morgan fingerprint density at radius 1 is 1.15 bits per heavy atom. The van der Waals surface area contributed by atoms with Gasteiger partial charge in [-0.3, -0.25) is 14.5 Å². The molecular weight excluding hydrogens is 400 g/mol. The lowest BCUT2D eigenvalue weighted by Crippen LogP contribution is -2.33. The molecule has 2 amide bonds. The SMILES string of the molecule is O=C(CCN1C(=O)/C(=C/c2ccc(Cl)cc2)SC1=S)NCc1ccccc1. The van der Waals surface area contributed by atoms with Gasteiger partial charge in [0.1, 0.15) is 4.32 Å². The standard InChI is InChI=1S/C20H17ClN2O2S2/c21-16-8-6-14(7-9-16)12-17-19(25)23(20(26)27-17)11-10-18(24)22-13-15-4-2-1-3-5-15/h1-9,12H,10-11,13H2,(H,22,24)/b17-12-. The first-order valence-electron chi connectivity index (χ1n) is 8.34. The smallest absolute Gasteiger partial charge is 0.266 e. The summed E-state index contributed by atoms with van der Waals surface area (Å²) in [6.07, 6.45) is 1.98. The van der Waals surface area contributed by atoms with Crippen molar-refractivity contribution < 1.29 is 9.59 Å². The monoisotopic (exact) mass is 416 g/mol. The fraction of sp³-hybridized carbons (Fsp3) is 0.150. The van der Waals surface area contributed by atoms with Crippen molar-refractivity contribution in [3.63, 3.8) is 0 Å². The number of carbonyl (C=O) groups is 2. The lowest BCUT2D eigenvalue weighted by Gasteiger charge is -2.14. The minimum absolute atomic E-state index is 0.116. The number of rotatable bonds is 6. The Kier molecular flexibility index (Phi) is 6.66. The first-order chi connectivity index (χ1) is 13.0. The minimum atomic E-state index is -0.171. The van der Waals surface area contributed by atoms with E-state index in [0.29, 0.717) is 20.8 Å². The van der Waals surface area contributed by atoms with Crippen molar-refractivity contribution in [1.82, 2.24) is 10.2 Å². The van der Waals surface area contributed by atoms with Gasteiger partial charge < -0.3 is 5.32 Å². The number of hydrogen-bond acceptors (Lipinski definition) is 4. The molecule has 2 aromatic carbocycles. The predicted molar refractivity (Wildman–Crippen MR) is 114 cm³/mol. The summed E-state index contributed by atoms with van der Waals surface area (Å²) in [7, 11) is 0. The summed E-state index contributed by atoms with van der Waals surface area (Å²) >= 11 is 12.4. The van der Waals surface area contributed by atoms with Gasteiger partial charge in [-0.2, -0.15) is 0 Å². The first-order valence-corrected chi connectivity index (χ1v) is 9.95. The van der Waals surface area contributed by atoms with E-state index in [1.165, 1.54) is 16.7 Å². The van der Waals surface area contributed by atoms with E-state index in [9.17, 15) is 9.59 Å². The first kappa shape index (κ1) is 19.6. The summed E-state index contributed by atoms with van der Waals surface area (Å²) in [4.78, 5) is 26.7. The number of nitrogens with one attached hydrogen (secondary N) is 1. The molecule has 1 heterocycles. The van der Waals surface area contributed by atoms with E-state index in [1.54, 1.807) is 18.2 Å². The fourth-order valence-electron chi connectivity index (χ4n) is 2.50. The average molecular weight is 417 g/mol. The van der Waals surface area contributed by atoms with Crippen molar-refractivity contribution in [2.45, 2.75) is 13.0 Å². The van der Waals surface area contributed by atoms with Crippen LogP contribution < -0.4 is 5.32 Å². The van der Waals surface area contributed by atoms with Gasteiger partial charge in [0.2, 0.25) is 5.91 Å². The molecule has 0 unspecified atom stereocenters. The van der Waals surface area contributed by atoms with Gasteiger partial charge in [-0.1, -0.05) is 78.0 Å². The maximum absolute atomic E-state index is 12.6. The molecule has 0 aromatic heterocycles. The van der Waals surface area contributed by atoms with Gasteiger partial charge in [0.05, 0.1) is 4.91 Å². The normalized spacial score (nSPS) is 15.4. The van der Waals surface area contributed by atoms with E-state index in [2.05, 4.69) is 5.32 Å². The van der Waals surface area contributed by atoms with Crippen LogP contribution >= 0.6 is 35.6 Å². The molecule has 1 N–H and O–H groups in total. The number of benzene rings is 2. The molecule has 1 fully saturated rings. The van der Waals surface area contributed by atoms with Gasteiger partial charge in [-0.05, 0) is 29.3 Å². The highest BCUT2D eigenvalue weighted by Crippen LogP contribution is 2.32. The van der Waals surface area contributed by atoms with Gasteiger partial charge in [0.25, 0.3) is 5.91 Å². The van der Waals surface area contributed by atoms with Crippen LogP contribution in [0, 0.1) is 0 Å². The zero-order valence-corrected chi connectivity index (χ0v) is 16.7. The van der Waals surface area contributed by atoms with Crippen LogP contribution in [0.5, 0.6) is 0 Å². The molecule has 4 nitrogen and oxygen atoms in total. The molecule has 27 heavy (non-hydrogen) atoms. The third-order valence-corrected chi connectivity index (χ3v) is 5.57. The molecule has 2 aromatic rings. The minimum Gasteiger partial charge on any atom is -0.352 e. The van der Waals surface area contributed by atoms with Crippen LogP contribution in [0.15, 0.2) is 59.5 Å². The number of thioether (sulfide) groups is 1. The Labute approximate surface area is 172 Å². The summed E-state index contributed by atoms with van der Waals surface area (Å²) in [5.41, 5.74) is 1.91. The molecule has 0 aliphatic carbocycles. The Hall–Kier alpha value is -2.15. The van der Waals surface area contributed by atoms with Gasteiger partial charge in [0, 0.05) is 24.5 Å². The van der Waals surface area contributed by atoms with Crippen LogP contribution in [-0.2, 0) is 16.1 Å². The quantitative estimate of drug-likeness (QED) is 0.565. The molecule has 0 bridgehead atoms. The molecule has 3 rings (SSSR count). The Morgan fingerprint density at radius 3 is 2.56 bits per heavy atom. The van der Waals surface area contributed by atoms with Crippen LogP contribution in [0.2, 0.25) is 5.02 Å². The van der Waals surface area contributed by atoms with Crippen LogP contribution in [0.4, 0.5) is 0 Å². The van der Waals surface area contributed by atoms with Crippen LogP contribution in [0.1, 0.15) is 17.5 Å². The van der Waals surface area contributed by atoms with Crippen molar-refractivity contribution in [1.29, 1.82) is 0 Å². The summed E-state index contributed by atoms with van der Waals surface area (Å²) in [6, 6.07) is 16.9. The van der Waals surface area contributed by atoms with Gasteiger partial charge in [-0.15, -0.1) is 0 Å². The summed E-state index contributed by atoms with van der Waals surface area (Å²) in [6.45, 7) is 0.734. The van der Waals surface area contributed by atoms with Crippen LogP contribution in [-0.4, -0.2) is 27.6 Å². The lowest BCUT2D eigenvalue weighted by molar-refractivity contribution is -0.123. The van der Waals surface area contributed by atoms with Crippen molar-refractivity contribution in [3.05, 3.63) is 75.7 Å². The Bertz CT molecular complexity index is 883. The number of nitrogens with zero attached hydrogens (tertiary/aromatic N) is 1. The summed E-state index contributed by atoms with van der Waals surface area (Å²) < 4.78 is 0.469. The summed E-state index contributed by atoms with van der Waals surface area (Å²) in [5, 5.41) is 3.49. The number of thiocarbonyl (C=S) groups is 1. The molecule has 1 saturated heterocycles. The van der Waals surface area contributed by atoms with E-state index in [0.717, 1.165) is 11.1 Å². The van der Waals surface area contributed by atoms with E-state index < -0.39 is 0 Å². The molecule has 1 aliphatic rings. The topological polar surface area (TPSA) is 49.4 Å². The molecule has 138 valence electrons. The van der Waals surface area contributed by atoms with Crippen molar-refractivity contribution in [2.24, 2.45) is 0 Å². The van der Waals surface area contributed by atoms with E-state index in [-0.39, 0.29) is 24.8 Å². The predicted octanol–water partition coefficient (Wildman–Crippen LogP) is 4.25. The largest absolute Gasteiger partial charge is 0.352 e. The van der Waals surface area contributed by atoms with Crippen molar-refractivity contribution in [3.8, 4) is 0 Å². The molecule has 7 heteroatoms. The third-order valence-electron chi connectivity index (χ3n) is 3.94. The second kappa shape index (κ2) is 9.17. The number of hydrogen-bond donors (Lipinski definition) is 1. The maximum atomic E-state index is 12.6. The van der Waals surface area contributed by atoms with E-state index in [4.69, 9.17) is 23.8 Å². The molecule has 0 spiro atoms. The van der Waals surface area contributed by atoms with Crippen molar-refractivity contribution >= 4 is 57.8 Å². The third kappa shape index (κ3) is 5.42. The van der Waals surface area contributed by atoms with Gasteiger partial charge in [0.15, 0.2) is 0 Å². The number of carbonyl (C=O) groups excluding carboxylic acids is 2. The number of halogens is 1. The highest BCUT2D eigenvalue weighted by Gasteiger charge is 2.32. The Morgan fingerprint density at radius 2 is 1.85 bits per heavy atom. The van der Waals surface area contributed by atoms with E-state index >= 15 is 0 Å². The highest BCUT2D eigenvalue weighted by atomic mass is 35.5. The van der Waals surface area contributed by atoms with Gasteiger partial charge >= 0.3 is 0 Å². The highest BCUT2D eigenvalue weighted by molar-refractivity contribution is 8.26. The molecular formula is C20H17ClN2O2S2.